The number of rotatable bonds is 3. The highest BCUT2D eigenvalue weighted by Gasteiger charge is 2.21. The molecule has 2 N–H and O–H groups in total. The number of hydrogen-bond acceptors (Lipinski definition) is 5. The summed E-state index contributed by atoms with van der Waals surface area (Å²) in [5, 5.41) is 11.3. The number of carbonyl (C=O) groups is 1. The second-order valence-electron chi connectivity index (χ2n) is 6.32. The lowest BCUT2D eigenvalue weighted by molar-refractivity contribution is 0.0658. The first-order valence-corrected chi connectivity index (χ1v) is 8.33. The number of H-pyrrole nitrogens is 1. The smallest absolute Gasteiger partial charge is 0.272 e. The van der Waals surface area contributed by atoms with Crippen LogP contribution in [0, 0.1) is 0 Å². The molecule has 7 nitrogen and oxygen atoms in total. The maximum Gasteiger partial charge on any atom is 0.272 e. The maximum absolute atomic E-state index is 12.7. The molecule has 1 aromatic carbocycles. The van der Waals surface area contributed by atoms with Gasteiger partial charge < -0.3 is 15.1 Å². The van der Waals surface area contributed by atoms with E-state index in [1.165, 1.54) is 0 Å². The van der Waals surface area contributed by atoms with Gasteiger partial charge in [-0.1, -0.05) is 0 Å². The normalized spacial score (nSPS) is 15.5. The van der Waals surface area contributed by atoms with E-state index in [0.717, 1.165) is 48.5 Å². The van der Waals surface area contributed by atoms with E-state index in [-0.39, 0.29) is 5.91 Å². The average molecular weight is 336 g/mol. The molecule has 0 aliphatic carbocycles. The quantitative estimate of drug-likeness (QED) is 0.766. The minimum absolute atomic E-state index is 0.0120. The minimum Gasteiger partial charge on any atom is -0.355 e. The summed E-state index contributed by atoms with van der Waals surface area (Å²) in [6.07, 6.45) is 3.46. The average Bonchev–Trinajstić information content (AvgIpc) is 3.10. The molecule has 1 aliphatic heterocycles. The molecule has 2 aromatic heterocycles. The molecule has 1 saturated heterocycles. The fraction of sp³-hybridized carbons (Fsp3) is 0.278. The number of nitrogens with zero attached hydrogens (tertiary/aromatic N) is 4. The Morgan fingerprint density at radius 1 is 1.12 bits per heavy atom. The van der Waals surface area contributed by atoms with E-state index in [1.54, 1.807) is 18.5 Å². The van der Waals surface area contributed by atoms with Gasteiger partial charge in [-0.25, -0.2) is 0 Å². The summed E-state index contributed by atoms with van der Waals surface area (Å²) in [7, 11) is 2.07. The van der Waals surface area contributed by atoms with Crippen LogP contribution in [0.5, 0.6) is 0 Å². The molecule has 0 radical (unpaired) electrons. The van der Waals surface area contributed by atoms with Gasteiger partial charge in [-0.2, -0.15) is 5.10 Å². The van der Waals surface area contributed by atoms with Crippen LogP contribution in [-0.4, -0.2) is 64.1 Å². The number of aromatic amines is 1. The molecule has 3 heterocycles. The topological polar surface area (TPSA) is 77.1 Å². The zero-order chi connectivity index (χ0) is 17.2. The fourth-order valence-electron chi connectivity index (χ4n) is 2.98. The number of piperazine rings is 1. The van der Waals surface area contributed by atoms with Gasteiger partial charge in [0.1, 0.15) is 5.69 Å². The summed E-state index contributed by atoms with van der Waals surface area (Å²) in [4.78, 5) is 21.0. The van der Waals surface area contributed by atoms with E-state index >= 15 is 0 Å². The maximum atomic E-state index is 12.7. The number of fused-ring (bicyclic) bond motifs is 1. The van der Waals surface area contributed by atoms with Crippen molar-refractivity contribution in [3.8, 4) is 0 Å². The lowest BCUT2D eigenvalue weighted by Gasteiger charge is -2.32. The van der Waals surface area contributed by atoms with Crippen LogP contribution >= 0.6 is 0 Å². The fourth-order valence-corrected chi connectivity index (χ4v) is 2.98. The van der Waals surface area contributed by atoms with Crippen molar-refractivity contribution in [2.45, 2.75) is 0 Å². The van der Waals surface area contributed by atoms with Gasteiger partial charge in [-0.3, -0.25) is 14.9 Å². The number of pyridine rings is 1. The molecule has 128 valence electrons. The molecule has 1 amide bonds. The number of amides is 1. The second-order valence-corrected chi connectivity index (χ2v) is 6.32. The molecule has 1 fully saturated rings. The van der Waals surface area contributed by atoms with Crippen LogP contribution < -0.4 is 5.32 Å². The van der Waals surface area contributed by atoms with Gasteiger partial charge >= 0.3 is 0 Å². The minimum atomic E-state index is -0.0120. The number of anilines is 2. The lowest BCUT2D eigenvalue weighted by atomic mass is 10.2. The Morgan fingerprint density at radius 2 is 1.92 bits per heavy atom. The Labute approximate surface area is 145 Å². The Kier molecular flexibility index (Phi) is 4.07. The van der Waals surface area contributed by atoms with Gasteiger partial charge in [0.05, 0.1) is 11.7 Å². The molecule has 0 bridgehead atoms. The number of aromatic nitrogens is 3. The number of carbonyl (C=O) groups excluding carboxylic acids is 1. The zero-order valence-corrected chi connectivity index (χ0v) is 14.1. The van der Waals surface area contributed by atoms with Gasteiger partial charge in [0, 0.05) is 49.1 Å². The molecule has 3 aromatic rings. The summed E-state index contributed by atoms with van der Waals surface area (Å²) in [6.45, 7) is 3.28. The third-order valence-electron chi connectivity index (χ3n) is 4.50. The SMILES string of the molecule is CN1CCN(C(=O)c2cc(Nc3ccc4[nH]ncc4c3)ccn2)CC1. The first-order chi connectivity index (χ1) is 12.2. The summed E-state index contributed by atoms with van der Waals surface area (Å²) in [6, 6.07) is 9.63. The molecule has 1 aliphatic rings. The number of nitrogens with one attached hydrogen (secondary N) is 2. The predicted octanol–water partition coefficient (Wildman–Crippen LogP) is 2.09. The first-order valence-electron chi connectivity index (χ1n) is 8.33. The van der Waals surface area contributed by atoms with E-state index in [9.17, 15) is 4.79 Å². The van der Waals surface area contributed by atoms with Gasteiger partial charge in [-0.05, 0) is 37.4 Å². The standard InChI is InChI=1S/C18H20N6O/c1-23-6-8-24(9-7-23)18(25)17-11-15(4-5-19-17)21-14-2-3-16-13(10-14)12-20-22-16/h2-5,10-12H,6-9H2,1H3,(H,19,21)(H,20,22). The third kappa shape index (κ3) is 3.32. The Bertz CT molecular complexity index is 897. The van der Waals surface area contributed by atoms with Crippen molar-refractivity contribution in [2.75, 3.05) is 38.5 Å². The van der Waals surface area contributed by atoms with Crippen molar-refractivity contribution >= 4 is 28.2 Å². The van der Waals surface area contributed by atoms with E-state index < -0.39 is 0 Å². The number of hydrogen-bond donors (Lipinski definition) is 2. The van der Waals surface area contributed by atoms with Crippen molar-refractivity contribution in [3.63, 3.8) is 0 Å². The highest BCUT2D eigenvalue weighted by atomic mass is 16.2. The Balaban J connectivity index is 1.51. The van der Waals surface area contributed by atoms with Crippen molar-refractivity contribution < 1.29 is 4.79 Å². The molecule has 0 saturated carbocycles. The summed E-state index contributed by atoms with van der Waals surface area (Å²) in [5.74, 6) is -0.0120. The zero-order valence-electron chi connectivity index (χ0n) is 14.1. The van der Waals surface area contributed by atoms with Crippen molar-refractivity contribution in [1.82, 2.24) is 25.0 Å². The van der Waals surface area contributed by atoms with Crippen LogP contribution in [0.1, 0.15) is 10.5 Å². The second kappa shape index (κ2) is 6.52. The van der Waals surface area contributed by atoms with Gasteiger partial charge in [0.15, 0.2) is 0 Å². The highest BCUT2D eigenvalue weighted by molar-refractivity contribution is 5.93. The van der Waals surface area contributed by atoms with E-state index in [2.05, 4.69) is 32.4 Å². The monoisotopic (exact) mass is 336 g/mol. The summed E-state index contributed by atoms with van der Waals surface area (Å²) in [5.41, 5.74) is 3.25. The molecule has 7 heteroatoms. The van der Waals surface area contributed by atoms with Crippen LogP contribution in [-0.2, 0) is 0 Å². The lowest BCUT2D eigenvalue weighted by Crippen LogP contribution is -2.47. The molecule has 0 spiro atoms. The van der Waals surface area contributed by atoms with Crippen molar-refractivity contribution in [1.29, 1.82) is 0 Å². The Morgan fingerprint density at radius 3 is 2.76 bits per heavy atom. The molecular formula is C18H20N6O. The van der Waals surface area contributed by atoms with E-state index in [1.807, 2.05) is 29.2 Å². The molecular weight excluding hydrogens is 316 g/mol. The summed E-state index contributed by atoms with van der Waals surface area (Å²) < 4.78 is 0. The van der Waals surface area contributed by atoms with Crippen molar-refractivity contribution in [2.24, 2.45) is 0 Å². The molecule has 4 rings (SSSR count). The number of benzene rings is 1. The van der Waals surface area contributed by atoms with Gasteiger partial charge in [0.25, 0.3) is 5.91 Å². The summed E-state index contributed by atoms with van der Waals surface area (Å²) >= 11 is 0. The Hall–Kier alpha value is -2.93. The van der Waals surface area contributed by atoms with Crippen LogP contribution in [0.4, 0.5) is 11.4 Å². The van der Waals surface area contributed by atoms with Gasteiger partial charge in [0.2, 0.25) is 0 Å². The van der Waals surface area contributed by atoms with Crippen LogP contribution in [0.25, 0.3) is 10.9 Å². The first kappa shape index (κ1) is 15.6. The third-order valence-corrected chi connectivity index (χ3v) is 4.50. The highest BCUT2D eigenvalue weighted by Crippen LogP contribution is 2.21. The number of likely N-dealkylation sites (N-methyl/N-ethyl adjacent to an activating group) is 1. The van der Waals surface area contributed by atoms with Crippen LogP contribution in [0.3, 0.4) is 0 Å². The molecule has 0 atom stereocenters. The van der Waals surface area contributed by atoms with Crippen LogP contribution in [0.15, 0.2) is 42.7 Å². The van der Waals surface area contributed by atoms with Gasteiger partial charge in [-0.15, -0.1) is 0 Å². The largest absolute Gasteiger partial charge is 0.355 e. The molecule has 0 unspecified atom stereocenters. The molecule has 25 heavy (non-hydrogen) atoms. The van der Waals surface area contributed by atoms with Crippen molar-refractivity contribution in [3.05, 3.63) is 48.4 Å². The van der Waals surface area contributed by atoms with E-state index in [0.29, 0.717) is 5.69 Å². The van der Waals surface area contributed by atoms with E-state index in [4.69, 9.17) is 0 Å². The van der Waals surface area contributed by atoms with Crippen LogP contribution in [0.2, 0.25) is 0 Å². The predicted molar refractivity (Wildman–Crippen MR) is 97.0 cm³/mol.